The van der Waals surface area contributed by atoms with Crippen molar-refractivity contribution < 1.29 is 9.63 Å². The monoisotopic (exact) mass is 243 g/mol. The Labute approximate surface area is 96.2 Å². The second-order valence-corrected chi connectivity index (χ2v) is 3.81. The lowest BCUT2D eigenvalue weighted by Crippen LogP contribution is -1.79. The smallest absolute Gasteiger partial charge is 0.168 e. The number of hydrogen-bond acceptors (Lipinski definition) is 3. The van der Waals surface area contributed by atoms with Crippen LogP contribution in [0.2, 0.25) is 10.0 Å². The van der Waals surface area contributed by atoms with E-state index in [0.29, 0.717) is 27.1 Å². The lowest BCUT2D eigenvalue weighted by Gasteiger charge is -1.99. The van der Waals surface area contributed by atoms with Crippen molar-refractivity contribution in [3.8, 4) is 11.3 Å². The third kappa shape index (κ3) is 2.15. The quantitative estimate of drug-likeness (QED) is 0.882. The second kappa shape index (κ2) is 4.23. The van der Waals surface area contributed by atoms with E-state index < -0.39 is 0 Å². The molecule has 0 unspecified atom stereocenters. The molecule has 0 aliphatic heterocycles. The standard InChI is InChI=1S/C10H7Cl2NO2/c11-6-1-2-9(12)8(3-6)10-4-7(5-14)13-15-10/h1-4,14H,5H2. The maximum Gasteiger partial charge on any atom is 0.168 e. The van der Waals surface area contributed by atoms with Crippen molar-refractivity contribution in [1.29, 1.82) is 0 Å². The van der Waals surface area contributed by atoms with E-state index in [-0.39, 0.29) is 6.61 Å². The minimum absolute atomic E-state index is 0.165. The molecule has 0 radical (unpaired) electrons. The summed E-state index contributed by atoms with van der Waals surface area (Å²) in [6.07, 6.45) is 0. The maximum absolute atomic E-state index is 8.84. The van der Waals surface area contributed by atoms with Crippen molar-refractivity contribution in [2.45, 2.75) is 6.61 Å². The van der Waals surface area contributed by atoms with Crippen LogP contribution < -0.4 is 0 Å². The van der Waals surface area contributed by atoms with Gasteiger partial charge in [-0.3, -0.25) is 0 Å². The van der Waals surface area contributed by atoms with E-state index in [2.05, 4.69) is 5.16 Å². The van der Waals surface area contributed by atoms with Crippen molar-refractivity contribution in [2.75, 3.05) is 0 Å². The van der Waals surface area contributed by atoms with Gasteiger partial charge in [-0.25, -0.2) is 0 Å². The summed E-state index contributed by atoms with van der Waals surface area (Å²) in [4.78, 5) is 0. The summed E-state index contributed by atoms with van der Waals surface area (Å²) in [5, 5.41) is 13.6. The summed E-state index contributed by atoms with van der Waals surface area (Å²) in [5.74, 6) is 0.492. The zero-order valence-electron chi connectivity index (χ0n) is 7.58. The number of aliphatic hydroxyl groups excluding tert-OH is 1. The van der Waals surface area contributed by atoms with E-state index in [0.717, 1.165) is 0 Å². The first-order valence-electron chi connectivity index (χ1n) is 4.22. The van der Waals surface area contributed by atoms with Gasteiger partial charge in [0.15, 0.2) is 5.76 Å². The van der Waals surface area contributed by atoms with Gasteiger partial charge in [-0.15, -0.1) is 0 Å². The van der Waals surface area contributed by atoms with Gasteiger partial charge in [0, 0.05) is 16.7 Å². The van der Waals surface area contributed by atoms with E-state index in [9.17, 15) is 0 Å². The van der Waals surface area contributed by atoms with Crippen LogP contribution in [0.5, 0.6) is 0 Å². The van der Waals surface area contributed by atoms with E-state index in [1.54, 1.807) is 24.3 Å². The summed E-state index contributed by atoms with van der Waals surface area (Å²) in [6, 6.07) is 6.68. The highest BCUT2D eigenvalue weighted by atomic mass is 35.5. The van der Waals surface area contributed by atoms with Crippen LogP contribution in [0, 0.1) is 0 Å². The molecule has 0 aliphatic carbocycles. The van der Waals surface area contributed by atoms with Crippen molar-refractivity contribution in [2.24, 2.45) is 0 Å². The zero-order chi connectivity index (χ0) is 10.8. The van der Waals surface area contributed by atoms with Crippen LogP contribution in [0.1, 0.15) is 5.69 Å². The molecule has 1 aromatic heterocycles. The molecule has 3 nitrogen and oxygen atoms in total. The number of benzene rings is 1. The Morgan fingerprint density at radius 2 is 2.07 bits per heavy atom. The molecule has 5 heteroatoms. The van der Waals surface area contributed by atoms with Gasteiger partial charge in [0.2, 0.25) is 0 Å². The fourth-order valence-electron chi connectivity index (χ4n) is 1.20. The molecule has 0 saturated heterocycles. The summed E-state index contributed by atoms with van der Waals surface area (Å²) >= 11 is 11.8. The van der Waals surface area contributed by atoms with Gasteiger partial charge in [-0.05, 0) is 18.2 Å². The highest BCUT2D eigenvalue weighted by Crippen LogP contribution is 2.30. The molecular weight excluding hydrogens is 237 g/mol. The lowest BCUT2D eigenvalue weighted by atomic mass is 10.1. The maximum atomic E-state index is 8.84. The van der Waals surface area contributed by atoms with Gasteiger partial charge in [-0.1, -0.05) is 28.4 Å². The molecule has 1 heterocycles. The lowest BCUT2D eigenvalue weighted by molar-refractivity contribution is 0.267. The van der Waals surface area contributed by atoms with Gasteiger partial charge in [0.1, 0.15) is 5.69 Å². The minimum Gasteiger partial charge on any atom is -0.390 e. The Bertz CT molecular complexity index is 482. The summed E-state index contributed by atoms with van der Waals surface area (Å²) in [7, 11) is 0. The van der Waals surface area contributed by atoms with Crippen LogP contribution in [0.15, 0.2) is 28.8 Å². The normalized spacial score (nSPS) is 10.6. The fourth-order valence-corrected chi connectivity index (χ4v) is 1.58. The number of aromatic nitrogens is 1. The van der Waals surface area contributed by atoms with Crippen LogP contribution >= 0.6 is 23.2 Å². The van der Waals surface area contributed by atoms with Crippen LogP contribution in [0.25, 0.3) is 11.3 Å². The third-order valence-corrected chi connectivity index (χ3v) is 2.48. The van der Waals surface area contributed by atoms with Gasteiger partial charge in [0.25, 0.3) is 0 Å². The van der Waals surface area contributed by atoms with E-state index in [4.69, 9.17) is 32.8 Å². The molecule has 2 rings (SSSR count). The molecule has 0 amide bonds. The predicted molar refractivity (Wildman–Crippen MR) is 57.9 cm³/mol. The van der Waals surface area contributed by atoms with Crippen LogP contribution in [-0.4, -0.2) is 10.3 Å². The first-order valence-corrected chi connectivity index (χ1v) is 4.98. The molecule has 1 aromatic carbocycles. The summed E-state index contributed by atoms with van der Waals surface area (Å²) in [5.41, 5.74) is 1.12. The van der Waals surface area contributed by atoms with Crippen molar-refractivity contribution >= 4 is 23.2 Å². The van der Waals surface area contributed by atoms with Crippen molar-refractivity contribution in [3.05, 3.63) is 40.0 Å². The Kier molecular flexibility index (Phi) is 2.95. The van der Waals surface area contributed by atoms with Crippen LogP contribution in [0.3, 0.4) is 0 Å². The van der Waals surface area contributed by atoms with Crippen LogP contribution in [0.4, 0.5) is 0 Å². The van der Waals surface area contributed by atoms with Gasteiger partial charge >= 0.3 is 0 Å². The highest BCUT2D eigenvalue weighted by Gasteiger charge is 2.10. The van der Waals surface area contributed by atoms with E-state index >= 15 is 0 Å². The molecular formula is C10H7Cl2NO2. The molecule has 0 fully saturated rings. The number of rotatable bonds is 2. The Morgan fingerprint density at radius 1 is 1.27 bits per heavy atom. The molecule has 0 spiro atoms. The van der Waals surface area contributed by atoms with Gasteiger partial charge in [0.05, 0.1) is 11.6 Å². The third-order valence-electron chi connectivity index (χ3n) is 1.91. The van der Waals surface area contributed by atoms with Gasteiger partial charge < -0.3 is 9.63 Å². The SMILES string of the molecule is OCc1cc(-c2cc(Cl)ccc2Cl)on1. The Balaban J connectivity index is 2.48. The number of halogens is 2. The first-order chi connectivity index (χ1) is 7.20. The molecule has 0 bridgehead atoms. The molecule has 78 valence electrons. The largest absolute Gasteiger partial charge is 0.390 e. The van der Waals surface area contributed by atoms with E-state index in [1.807, 2.05) is 0 Å². The molecule has 0 aliphatic rings. The molecule has 0 saturated carbocycles. The number of aliphatic hydroxyl groups is 1. The highest BCUT2D eigenvalue weighted by molar-refractivity contribution is 6.35. The predicted octanol–water partition coefficient (Wildman–Crippen LogP) is 3.14. The summed E-state index contributed by atoms with van der Waals surface area (Å²) < 4.78 is 5.02. The van der Waals surface area contributed by atoms with Crippen molar-refractivity contribution in [3.63, 3.8) is 0 Å². The molecule has 0 atom stereocenters. The number of hydrogen-bond donors (Lipinski definition) is 1. The second-order valence-electron chi connectivity index (χ2n) is 2.96. The Morgan fingerprint density at radius 3 is 2.73 bits per heavy atom. The van der Waals surface area contributed by atoms with Gasteiger partial charge in [-0.2, -0.15) is 0 Å². The molecule has 1 N–H and O–H groups in total. The molecule has 2 aromatic rings. The number of nitrogens with zero attached hydrogens (tertiary/aromatic N) is 1. The van der Waals surface area contributed by atoms with E-state index in [1.165, 1.54) is 0 Å². The first kappa shape index (κ1) is 10.5. The summed E-state index contributed by atoms with van der Waals surface area (Å²) in [6.45, 7) is -0.165. The van der Waals surface area contributed by atoms with Crippen LogP contribution in [-0.2, 0) is 6.61 Å². The average Bonchev–Trinajstić information content (AvgIpc) is 2.70. The fraction of sp³-hybridized carbons (Fsp3) is 0.100. The zero-order valence-corrected chi connectivity index (χ0v) is 9.09. The topological polar surface area (TPSA) is 46.3 Å². The minimum atomic E-state index is -0.165. The average molecular weight is 244 g/mol. The van der Waals surface area contributed by atoms with Crippen molar-refractivity contribution in [1.82, 2.24) is 5.16 Å². The Hall–Kier alpha value is -1.03. The molecule has 15 heavy (non-hydrogen) atoms.